The van der Waals surface area contributed by atoms with Crippen molar-refractivity contribution in [3.8, 4) is 12.3 Å². The molecule has 1 N–H and O–H groups in total. The monoisotopic (exact) mass is 197 g/mol. The molecule has 1 aromatic heterocycles. The first kappa shape index (κ1) is 9.63. The Morgan fingerprint density at radius 1 is 1.27 bits per heavy atom. The number of rotatable bonds is 3. The highest BCUT2D eigenvalue weighted by Crippen LogP contribution is 2.07. The van der Waals surface area contributed by atoms with Crippen molar-refractivity contribution in [3.05, 3.63) is 36.2 Å². The molecule has 74 valence electrons. The van der Waals surface area contributed by atoms with Gasteiger partial charge in [-0.25, -0.2) is 4.98 Å². The molecular weight excluding hydrogens is 186 g/mol. The van der Waals surface area contributed by atoms with Gasteiger partial charge in [0.15, 0.2) is 0 Å². The van der Waals surface area contributed by atoms with Crippen molar-refractivity contribution in [1.29, 1.82) is 0 Å². The summed E-state index contributed by atoms with van der Waals surface area (Å²) in [6.07, 6.45) is 6.90. The molecule has 0 amide bonds. The van der Waals surface area contributed by atoms with Crippen LogP contribution in [-0.4, -0.2) is 16.5 Å². The van der Waals surface area contributed by atoms with Gasteiger partial charge in [-0.2, -0.15) is 0 Å². The van der Waals surface area contributed by atoms with E-state index in [1.54, 1.807) is 6.20 Å². The van der Waals surface area contributed by atoms with E-state index in [1.807, 2.05) is 24.3 Å². The molecule has 0 aliphatic rings. The maximum atomic E-state index is 5.13. The molecule has 2 rings (SSSR count). The van der Waals surface area contributed by atoms with Gasteiger partial charge in [0.25, 0.3) is 0 Å². The fraction of sp³-hybridized carbons (Fsp3) is 0.167. The van der Waals surface area contributed by atoms with Gasteiger partial charge in [-0.15, -0.1) is 6.42 Å². The maximum Gasteiger partial charge on any atom is 0.0890 e. The number of aromatic nitrogens is 2. The van der Waals surface area contributed by atoms with Gasteiger partial charge in [0.2, 0.25) is 0 Å². The van der Waals surface area contributed by atoms with Gasteiger partial charge in [-0.05, 0) is 12.1 Å². The molecule has 0 atom stereocenters. The van der Waals surface area contributed by atoms with E-state index < -0.39 is 0 Å². The zero-order chi connectivity index (χ0) is 10.5. The Morgan fingerprint density at radius 3 is 2.87 bits per heavy atom. The second-order valence-corrected chi connectivity index (χ2v) is 3.16. The number of nitrogens with zero attached hydrogens (tertiary/aromatic N) is 2. The molecular formula is C12H11N3. The number of benzene rings is 1. The lowest BCUT2D eigenvalue weighted by Gasteiger charge is -2.01. The largest absolute Gasteiger partial charge is 0.300 e. The van der Waals surface area contributed by atoms with Crippen LogP contribution in [0, 0.1) is 12.3 Å². The molecule has 2 aromatic rings. The number of terminal acetylenes is 1. The fourth-order valence-electron chi connectivity index (χ4n) is 1.34. The Labute approximate surface area is 88.6 Å². The molecule has 1 heterocycles. The van der Waals surface area contributed by atoms with Crippen LogP contribution in [0.2, 0.25) is 0 Å². The lowest BCUT2D eigenvalue weighted by molar-refractivity contribution is 0.749. The van der Waals surface area contributed by atoms with Crippen molar-refractivity contribution in [2.75, 3.05) is 6.54 Å². The highest BCUT2D eigenvalue weighted by Gasteiger charge is 1.97. The smallest absolute Gasteiger partial charge is 0.0890 e. The van der Waals surface area contributed by atoms with Crippen LogP contribution >= 0.6 is 0 Å². The van der Waals surface area contributed by atoms with Crippen LogP contribution in [0.4, 0.5) is 0 Å². The molecule has 3 heteroatoms. The molecule has 1 aromatic carbocycles. The lowest BCUT2D eigenvalue weighted by Crippen LogP contribution is -2.14. The van der Waals surface area contributed by atoms with Gasteiger partial charge in [0.1, 0.15) is 0 Å². The van der Waals surface area contributed by atoms with E-state index in [1.165, 1.54) is 0 Å². The van der Waals surface area contributed by atoms with Crippen LogP contribution in [0.1, 0.15) is 5.69 Å². The zero-order valence-corrected chi connectivity index (χ0v) is 8.27. The molecule has 0 aliphatic carbocycles. The third-order valence-corrected chi connectivity index (χ3v) is 2.03. The van der Waals surface area contributed by atoms with Crippen molar-refractivity contribution in [3.63, 3.8) is 0 Å². The molecule has 3 nitrogen and oxygen atoms in total. The summed E-state index contributed by atoms with van der Waals surface area (Å²) in [7, 11) is 0. The average Bonchev–Trinajstić information content (AvgIpc) is 2.29. The molecule has 0 saturated carbocycles. The molecule has 0 bridgehead atoms. The summed E-state index contributed by atoms with van der Waals surface area (Å²) < 4.78 is 0. The van der Waals surface area contributed by atoms with Gasteiger partial charge in [0, 0.05) is 6.54 Å². The Morgan fingerprint density at radius 2 is 2.07 bits per heavy atom. The first-order valence-corrected chi connectivity index (χ1v) is 4.75. The predicted octanol–water partition coefficient (Wildman–Crippen LogP) is 1.35. The highest BCUT2D eigenvalue weighted by molar-refractivity contribution is 5.73. The lowest BCUT2D eigenvalue weighted by atomic mass is 10.3. The number of para-hydroxylation sites is 2. The Bertz CT molecular complexity index is 499. The van der Waals surface area contributed by atoms with E-state index in [0.717, 1.165) is 16.7 Å². The van der Waals surface area contributed by atoms with Crippen molar-refractivity contribution in [1.82, 2.24) is 15.3 Å². The minimum absolute atomic E-state index is 0.550. The summed E-state index contributed by atoms with van der Waals surface area (Å²) in [6.45, 7) is 1.20. The van der Waals surface area contributed by atoms with Gasteiger partial charge in [0.05, 0.1) is 29.5 Å². The molecule has 0 saturated heterocycles. The molecule has 0 aliphatic heterocycles. The summed E-state index contributed by atoms with van der Waals surface area (Å²) in [6, 6.07) is 7.80. The molecule has 15 heavy (non-hydrogen) atoms. The summed E-state index contributed by atoms with van der Waals surface area (Å²) in [5.41, 5.74) is 2.74. The molecule has 0 fully saturated rings. The van der Waals surface area contributed by atoms with Crippen LogP contribution in [0.15, 0.2) is 30.5 Å². The number of nitrogens with one attached hydrogen (secondary N) is 1. The van der Waals surface area contributed by atoms with Crippen molar-refractivity contribution in [2.45, 2.75) is 6.54 Å². The van der Waals surface area contributed by atoms with E-state index in [4.69, 9.17) is 6.42 Å². The summed E-state index contributed by atoms with van der Waals surface area (Å²) in [5.74, 6) is 2.52. The van der Waals surface area contributed by atoms with Crippen molar-refractivity contribution >= 4 is 11.0 Å². The Balaban J connectivity index is 2.20. The second kappa shape index (κ2) is 4.54. The maximum absolute atomic E-state index is 5.13. The molecule has 0 spiro atoms. The van der Waals surface area contributed by atoms with E-state index in [9.17, 15) is 0 Å². The number of hydrogen-bond donors (Lipinski definition) is 1. The first-order valence-electron chi connectivity index (χ1n) is 4.75. The van der Waals surface area contributed by atoms with Gasteiger partial charge >= 0.3 is 0 Å². The summed E-state index contributed by atoms with van der Waals surface area (Å²) in [4.78, 5) is 8.76. The highest BCUT2D eigenvalue weighted by atomic mass is 14.9. The topological polar surface area (TPSA) is 37.8 Å². The second-order valence-electron chi connectivity index (χ2n) is 3.16. The van der Waals surface area contributed by atoms with Crippen LogP contribution in [0.25, 0.3) is 11.0 Å². The van der Waals surface area contributed by atoms with E-state index >= 15 is 0 Å². The SMILES string of the molecule is C#CCNCc1cnc2ccccc2n1. The van der Waals surface area contributed by atoms with Gasteiger partial charge in [-0.3, -0.25) is 4.98 Å². The van der Waals surface area contributed by atoms with Gasteiger partial charge < -0.3 is 5.32 Å². The number of fused-ring (bicyclic) bond motifs is 1. The fourth-order valence-corrected chi connectivity index (χ4v) is 1.34. The summed E-state index contributed by atoms with van der Waals surface area (Å²) in [5, 5.41) is 3.08. The van der Waals surface area contributed by atoms with Crippen LogP contribution in [-0.2, 0) is 6.54 Å². The van der Waals surface area contributed by atoms with E-state index in [2.05, 4.69) is 21.2 Å². The predicted molar refractivity (Wildman–Crippen MR) is 60.1 cm³/mol. The first-order chi connectivity index (χ1) is 7.40. The van der Waals surface area contributed by atoms with Crippen molar-refractivity contribution < 1.29 is 0 Å². The van der Waals surface area contributed by atoms with Crippen LogP contribution in [0.3, 0.4) is 0 Å². The quantitative estimate of drug-likeness (QED) is 0.596. The third-order valence-electron chi connectivity index (χ3n) is 2.03. The molecule has 0 radical (unpaired) electrons. The Kier molecular flexibility index (Phi) is 2.91. The summed E-state index contributed by atoms with van der Waals surface area (Å²) >= 11 is 0. The minimum Gasteiger partial charge on any atom is -0.300 e. The van der Waals surface area contributed by atoms with Crippen molar-refractivity contribution in [2.24, 2.45) is 0 Å². The van der Waals surface area contributed by atoms with Gasteiger partial charge in [-0.1, -0.05) is 18.1 Å². The third kappa shape index (κ3) is 2.30. The standard InChI is InChI=1S/C12H11N3/c1-2-7-13-8-10-9-14-11-5-3-4-6-12(11)15-10/h1,3-6,9,13H,7-8H2. The van der Waals surface area contributed by atoms with E-state index in [0.29, 0.717) is 13.1 Å². The number of hydrogen-bond acceptors (Lipinski definition) is 3. The molecule has 0 unspecified atom stereocenters. The van der Waals surface area contributed by atoms with E-state index in [-0.39, 0.29) is 0 Å². The normalized spacial score (nSPS) is 10.1. The van der Waals surface area contributed by atoms with Crippen LogP contribution < -0.4 is 5.32 Å². The Hall–Kier alpha value is -1.92. The zero-order valence-electron chi connectivity index (χ0n) is 8.27. The average molecular weight is 197 g/mol. The van der Waals surface area contributed by atoms with Crippen LogP contribution in [0.5, 0.6) is 0 Å². The minimum atomic E-state index is 0.550.